The third-order valence-electron chi connectivity index (χ3n) is 5.35. The first-order valence-electron chi connectivity index (χ1n) is 9.66. The molecule has 5 rings (SSSR count). The number of amides is 1. The van der Waals surface area contributed by atoms with E-state index >= 15 is 0 Å². The predicted octanol–water partition coefficient (Wildman–Crippen LogP) is 4.25. The lowest BCUT2D eigenvalue weighted by Crippen LogP contribution is -2.27. The summed E-state index contributed by atoms with van der Waals surface area (Å²) in [7, 11) is 0. The normalized spacial score (nSPS) is 14.0. The van der Waals surface area contributed by atoms with Gasteiger partial charge in [0.15, 0.2) is 0 Å². The van der Waals surface area contributed by atoms with Crippen LogP contribution in [0.5, 0.6) is 0 Å². The van der Waals surface area contributed by atoms with Gasteiger partial charge in [0.05, 0.1) is 10.9 Å². The van der Waals surface area contributed by atoms with Crippen LogP contribution in [0.2, 0.25) is 5.02 Å². The molecule has 1 amide bonds. The van der Waals surface area contributed by atoms with Crippen molar-refractivity contribution in [3.8, 4) is 0 Å². The molecule has 2 aromatic carbocycles. The van der Waals surface area contributed by atoms with Crippen molar-refractivity contribution in [2.45, 2.75) is 19.8 Å². The lowest BCUT2D eigenvalue weighted by Gasteiger charge is -2.15. The van der Waals surface area contributed by atoms with Gasteiger partial charge >= 0.3 is 0 Å². The monoisotopic (exact) mass is 439 g/mol. The summed E-state index contributed by atoms with van der Waals surface area (Å²) in [6.45, 7) is 3.47. The standard InChI is InChI=1S/C21H18ClN5O2S/c1-12-15(22)5-4-6-16(12)23-20-25-27-19(29)14-8-7-13(11-17(14)24-21(27)30-20)18(28)26-9-2-3-10-26/h4-8,11H,2-3,9-10H2,1H3,(H,23,25). The number of aromatic nitrogens is 3. The zero-order chi connectivity index (χ0) is 20.8. The maximum Gasteiger partial charge on any atom is 0.283 e. The molecule has 4 aromatic rings. The summed E-state index contributed by atoms with van der Waals surface area (Å²) < 4.78 is 1.29. The van der Waals surface area contributed by atoms with Crippen LogP contribution in [0.3, 0.4) is 0 Å². The van der Waals surface area contributed by atoms with Crippen molar-refractivity contribution in [2.75, 3.05) is 18.4 Å². The second-order valence-electron chi connectivity index (χ2n) is 7.29. The van der Waals surface area contributed by atoms with E-state index in [9.17, 15) is 9.59 Å². The summed E-state index contributed by atoms with van der Waals surface area (Å²) in [5.41, 5.74) is 2.51. The Morgan fingerprint density at radius 2 is 2.00 bits per heavy atom. The van der Waals surface area contributed by atoms with E-state index in [-0.39, 0.29) is 11.5 Å². The molecule has 9 heteroatoms. The molecule has 152 valence electrons. The van der Waals surface area contributed by atoms with E-state index in [0.29, 0.717) is 31.6 Å². The molecular weight excluding hydrogens is 422 g/mol. The summed E-state index contributed by atoms with van der Waals surface area (Å²) in [5.74, 6) is -0.0144. The maximum absolute atomic E-state index is 12.9. The molecule has 3 heterocycles. The summed E-state index contributed by atoms with van der Waals surface area (Å²) >= 11 is 7.45. The molecular formula is C21H18ClN5O2S. The molecule has 0 radical (unpaired) electrons. The molecule has 7 nitrogen and oxygen atoms in total. The van der Waals surface area contributed by atoms with E-state index in [2.05, 4.69) is 15.4 Å². The molecule has 30 heavy (non-hydrogen) atoms. The smallest absolute Gasteiger partial charge is 0.283 e. The molecule has 0 bridgehead atoms. The molecule has 1 fully saturated rings. The highest BCUT2D eigenvalue weighted by atomic mass is 35.5. The highest BCUT2D eigenvalue weighted by molar-refractivity contribution is 7.20. The average molecular weight is 440 g/mol. The summed E-state index contributed by atoms with van der Waals surface area (Å²) in [5, 5.41) is 9.21. The Morgan fingerprint density at radius 3 is 2.80 bits per heavy atom. The Labute approximate surface area is 180 Å². The number of hydrogen-bond acceptors (Lipinski definition) is 6. The molecule has 0 spiro atoms. The van der Waals surface area contributed by atoms with Crippen molar-refractivity contribution >= 4 is 55.5 Å². The van der Waals surface area contributed by atoms with Crippen molar-refractivity contribution in [1.82, 2.24) is 19.5 Å². The van der Waals surface area contributed by atoms with E-state index in [1.54, 1.807) is 18.2 Å². The van der Waals surface area contributed by atoms with Gasteiger partial charge < -0.3 is 10.2 Å². The van der Waals surface area contributed by atoms with Gasteiger partial charge in [-0.3, -0.25) is 9.59 Å². The molecule has 1 N–H and O–H groups in total. The molecule has 0 atom stereocenters. The van der Waals surface area contributed by atoms with Crippen LogP contribution in [-0.4, -0.2) is 38.5 Å². The number of carbonyl (C=O) groups is 1. The van der Waals surface area contributed by atoms with Crippen LogP contribution < -0.4 is 10.9 Å². The van der Waals surface area contributed by atoms with Gasteiger partial charge in [-0.05, 0) is 55.7 Å². The van der Waals surface area contributed by atoms with Crippen molar-refractivity contribution in [1.29, 1.82) is 0 Å². The number of fused-ring (bicyclic) bond motifs is 2. The van der Waals surface area contributed by atoms with E-state index in [1.165, 1.54) is 15.9 Å². The lowest BCUT2D eigenvalue weighted by atomic mass is 10.1. The highest BCUT2D eigenvalue weighted by Gasteiger charge is 2.20. The summed E-state index contributed by atoms with van der Waals surface area (Å²) in [6.07, 6.45) is 2.06. The quantitative estimate of drug-likeness (QED) is 0.516. The minimum Gasteiger partial charge on any atom is -0.339 e. The van der Waals surface area contributed by atoms with Crippen molar-refractivity contribution < 1.29 is 4.79 Å². The molecule has 2 aromatic heterocycles. The Balaban J connectivity index is 1.55. The molecule has 0 saturated carbocycles. The van der Waals surface area contributed by atoms with Gasteiger partial charge in [0.1, 0.15) is 0 Å². The number of anilines is 2. The number of hydrogen-bond donors (Lipinski definition) is 1. The van der Waals surface area contributed by atoms with Gasteiger partial charge in [0, 0.05) is 29.4 Å². The highest BCUT2D eigenvalue weighted by Crippen LogP contribution is 2.28. The van der Waals surface area contributed by atoms with Crippen LogP contribution in [-0.2, 0) is 0 Å². The molecule has 1 aliphatic heterocycles. The average Bonchev–Trinajstić information content (AvgIpc) is 3.41. The lowest BCUT2D eigenvalue weighted by molar-refractivity contribution is 0.0793. The Hall–Kier alpha value is -2.97. The van der Waals surface area contributed by atoms with E-state index in [1.807, 2.05) is 30.0 Å². The summed E-state index contributed by atoms with van der Waals surface area (Å²) in [4.78, 5) is 32.5. The number of rotatable bonds is 3. The first kappa shape index (κ1) is 19.0. The van der Waals surface area contributed by atoms with Gasteiger partial charge in [0.2, 0.25) is 10.1 Å². The van der Waals surface area contributed by atoms with E-state index in [0.717, 1.165) is 37.2 Å². The Morgan fingerprint density at radius 1 is 1.20 bits per heavy atom. The fourth-order valence-corrected chi connectivity index (χ4v) is 4.64. The largest absolute Gasteiger partial charge is 0.339 e. The number of nitrogens with zero attached hydrogens (tertiary/aromatic N) is 4. The Kier molecular flexibility index (Phi) is 4.67. The second kappa shape index (κ2) is 7.37. The van der Waals surface area contributed by atoms with Crippen LogP contribution in [0.25, 0.3) is 15.9 Å². The third kappa shape index (κ3) is 3.22. The SMILES string of the molecule is Cc1c(Cl)cccc1Nc1nn2c(=O)c3ccc(C(=O)N4CCCC4)cc3nc2s1. The second-order valence-corrected chi connectivity index (χ2v) is 8.65. The van der Waals surface area contributed by atoms with Crippen LogP contribution in [0.15, 0.2) is 41.2 Å². The molecule has 0 aliphatic carbocycles. The van der Waals surface area contributed by atoms with E-state index in [4.69, 9.17) is 11.6 Å². The number of nitrogens with one attached hydrogen (secondary N) is 1. The van der Waals surface area contributed by atoms with Crippen LogP contribution in [0.4, 0.5) is 10.8 Å². The molecule has 1 saturated heterocycles. The number of halogens is 1. The van der Waals surface area contributed by atoms with Gasteiger partial charge in [-0.1, -0.05) is 29.0 Å². The topological polar surface area (TPSA) is 79.6 Å². The minimum absolute atomic E-state index is 0.0144. The fourth-order valence-electron chi connectivity index (χ4n) is 3.65. The van der Waals surface area contributed by atoms with Crippen molar-refractivity contribution in [2.24, 2.45) is 0 Å². The molecule has 1 aliphatic rings. The minimum atomic E-state index is -0.262. The van der Waals surface area contributed by atoms with Crippen LogP contribution >= 0.6 is 22.9 Å². The molecule has 0 unspecified atom stereocenters. The number of likely N-dealkylation sites (tertiary alicyclic amines) is 1. The van der Waals surface area contributed by atoms with Gasteiger partial charge in [-0.15, -0.1) is 5.10 Å². The Bertz CT molecular complexity index is 1360. The fraction of sp³-hybridized carbons (Fsp3) is 0.238. The zero-order valence-corrected chi connectivity index (χ0v) is 17.8. The van der Waals surface area contributed by atoms with Crippen LogP contribution in [0.1, 0.15) is 28.8 Å². The van der Waals surface area contributed by atoms with Gasteiger partial charge in [-0.25, -0.2) is 4.98 Å². The van der Waals surface area contributed by atoms with Gasteiger partial charge in [-0.2, -0.15) is 4.52 Å². The van der Waals surface area contributed by atoms with E-state index < -0.39 is 0 Å². The predicted molar refractivity (Wildman–Crippen MR) is 119 cm³/mol. The summed E-state index contributed by atoms with van der Waals surface area (Å²) in [6, 6.07) is 10.6. The zero-order valence-electron chi connectivity index (χ0n) is 16.2. The maximum atomic E-state index is 12.9. The number of benzene rings is 2. The third-order valence-corrected chi connectivity index (χ3v) is 6.58. The number of carbonyl (C=O) groups excluding carboxylic acids is 1. The van der Waals surface area contributed by atoms with Crippen LogP contribution in [0, 0.1) is 6.92 Å². The van der Waals surface area contributed by atoms with Crippen molar-refractivity contribution in [3.05, 3.63) is 62.9 Å². The van der Waals surface area contributed by atoms with Gasteiger partial charge in [0.25, 0.3) is 11.5 Å². The first-order chi connectivity index (χ1) is 14.5. The first-order valence-corrected chi connectivity index (χ1v) is 10.9. The van der Waals surface area contributed by atoms with Crippen molar-refractivity contribution in [3.63, 3.8) is 0 Å².